The van der Waals surface area contributed by atoms with Gasteiger partial charge in [0.25, 0.3) is 0 Å². The van der Waals surface area contributed by atoms with Crippen LogP contribution in [0.25, 0.3) is 6.08 Å². The van der Waals surface area contributed by atoms with E-state index in [2.05, 4.69) is 0 Å². The van der Waals surface area contributed by atoms with Crippen LogP contribution in [0.1, 0.15) is 16.7 Å². The molecule has 0 aromatic heterocycles. The van der Waals surface area contributed by atoms with Crippen LogP contribution in [0, 0.1) is 0 Å². The average Bonchev–Trinajstić information content (AvgIpc) is 2.65. The summed E-state index contributed by atoms with van der Waals surface area (Å²) >= 11 is 0. The number of aliphatic hydroxyl groups is 1. The lowest BCUT2D eigenvalue weighted by Gasteiger charge is -2.16. The molecular weight excluding hydrogens is 372 g/mol. The first kappa shape index (κ1) is 20.6. The van der Waals surface area contributed by atoms with Crippen molar-refractivity contribution in [2.75, 3.05) is 0 Å². The van der Waals surface area contributed by atoms with Gasteiger partial charge in [-0.15, -0.1) is 0 Å². The number of carbonyl (C=O) groups is 2. The third-order valence-electron chi connectivity index (χ3n) is 3.87. The number of rotatable bonds is 7. The number of phenolic OH excluding ortho intramolecular Hbond substituents is 3. The van der Waals surface area contributed by atoms with E-state index < -0.39 is 36.1 Å². The van der Waals surface area contributed by atoms with Crippen molar-refractivity contribution in [2.45, 2.75) is 19.1 Å². The second-order valence-corrected chi connectivity index (χ2v) is 5.78. The average molecular weight is 390 g/mol. The van der Waals surface area contributed by atoms with Crippen LogP contribution in [0.5, 0.6) is 23.0 Å². The van der Waals surface area contributed by atoms with E-state index in [1.165, 1.54) is 30.3 Å². The van der Waals surface area contributed by atoms with Crippen LogP contribution in [0.3, 0.4) is 0 Å². The van der Waals surface area contributed by atoms with Gasteiger partial charge in [0.15, 0.2) is 23.0 Å². The smallest absolute Gasteiger partial charge is 0.345 e. The fraction of sp³-hybridized carbons (Fsp3) is 0.158. The highest BCUT2D eigenvalue weighted by Gasteiger charge is 2.24. The van der Waals surface area contributed by atoms with Crippen LogP contribution in [0.2, 0.25) is 0 Å². The van der Waals surface area contributed by atoms with Crippen LogP contribution in [-0.4, -0.2) is 48.7 Å². The second-order valence-electron chi connectivity index (χ2n) is 5.78. The largest absolute Gasteiger partial charge is 0.504 e. The third kappa shape index (κ3) is 4.92. The lowest BCUT2D eigenvalue weighted by Crippen LogP contribution is -2.29. The number of carbonyl (C=O) groups excluding carboxylic acids is 1. The van der Waals surface area contributed by atoms with Crippen LogP contribution in [0.4, 0.5) is 0 Å². The lowest BCUT2D eigenvalue weighted by atomic mass is 10.0. The Hall–Kier alpha value is -3.72. The van der Waals surface area contributed by atoms with Crippen molar-refractivity contribution in [1.82, 2.24) is 0 Å². The van der Waals surface area contributed by atoms with Crippen molar-refractivity contribution in [3.05, 3.63) is 53.1 Å². The molecule has 9 nitrogen and oxygen atoms in total. The molecule has 2 aromatic rings. The zero-order chi connectivity index (χ0) is 20.8. The zero-order valence-corrected chi connectivity index (χ0v) is 14.4. The van der Waals surface area contributed by atoms with Gasteiger partial charge in [-0.25, -0.2) is 9.59 Å². The quantitative estimate of drug-likeness (QED) is 0.232. The second kappa shape index (κ2) is 8.78. The molecule has 0 aliphatic rings. The number of aliphatic carboxylic acids is 1. The number of carboxylic acid groups (broad SMARTS) is 1. The molecule has 0 amide bonds. The minimum absolute atomic E-state index is 0.0718. The molecule has 148 valence electrons. The molecule has 0 saturated heterocycles. The Morgan fingerprint density at radius 1 is 1.00 bits per heavy atom. The summed E-state index contributed by atoms with van der Waals surface area (Å²) < 4.78 is 4.90. The first-order valence-corrected chi connectivity index (χ1v) is 8.00. The van der Waals surface area contributed by atoms with E-state index in [0.29, 0.717) is 5.56 Å². The van der Waals surface area contributed by atoms with E-state index in [0.717, 1.165) is 12.1 Å². The Labute approximate surface area is 159 Å². The maximum atomic E-state index is 11.9. The van der Waals surface area contributed by atoms with Crippen molar-refractivity contribution >= 4 is 18.0 Å². The van der Waals surface area contributed by atoms with E-state index in [-0.39, 0.29) is 29.0 Å². The Morgan fingerprint density at radius 3 is 2.29 bits per heavy atom. The monoisotopic (exact) mass is 390 g/mol. The Morgan fingerprint density at radius 2 is 1.68 bits per heavy atom. The lowest BCUT2D eigenvalue weighted by molar-refractivity contribution is -0.160. The van der Waals surface area contributed by atoms with E-state index >= 15 is 0 Å². The minimum Gasteiger partial charge on any atom is -0.504 e. The number of ether oxygens (including phenoxy) is 1. The van der Waals surface area contributed by atoms with Gasteiger partial charge >= 0.3 is 11.9 Å². The number of benzene rings is 2. The van der Waals surface area contributed by atoms with Crippen LogP contribution in [0.15, 0.2) is 36.4 Å². The van der Waals surface area contributed by atoms with E-state index in [1.54, 1.807) is 0 Å². The number of aliphatic hydroxyl groups excluding tert-OH is 1. The number of hydrogen-bond acceptors (Lipinski definition) is 8. The molecular formula is C19H18O9. The summed E-state index contributed by atoms with van der Waals surface area (Å²) in [5, 5.41) is 56.5. The molecule has 6 N–H and O–H groups in total. The summed E-state index contributed by atoms with van der Waals surface area (Å²) in [7, 11) is 0. The SMILES string of the molecule is O=C(C=Cc1ccc(O)c(O)c1)O[C@H](Cc1ccc(O)c(O)c1CO)C(=O)O. The van der Waals surface area contributed by atoms with Crippen LogP contribution < -0.4 is 0 Å². The normalized spacial score (nSPS) is 12.0. The molecule has 1 atom stereocenters. The van der Waals surface area contributed by atoms with Crippen molar-refractivity contribution in [3.63, 3.8) is 0 Å². The van der Waals surface area contributed by atoms with Gasteiger partial charge in [0.2, 0.25) is 6.10 Å². The molecule has 0 spiro atoms. The molecule has 0 fully saturated rings. The third-order valence-corrected chi connectivity index (χ3v) is 3.87. The topological polar surface area (TPSA) is 165 Å². The number of carboxylic acids is 1. The van der Waals surface area contributed by atoms with Gasteiger partial charge in [0.1, 0.15) is 0 Å². The van der Waals surface area contributed by atoms with E-state index in [1.807, 2.05) is 0 Å². The summed E-state index contributed by atoms with van der Waals surface area (Å²) in [4.78, 5) is 23.3. The van der Waals surface area contributed by atoms with Gasteiger partial charge in [0.05, 0.1) is 6.61 Å². The van der Waals surface area contributed by atoms with Crippen molar-refractivity contribution in [3.8, 4) is 23.0 Å². The number of phenols is 4. The first-order valence-electron chi connectivity index (χ1n) is 8.00. The van der Waals surface area contributed by atoms with Crippen molar-refractivity contribution < 1.29 is 45.0 Å². The van der Waals surface area contributed by atoms with E-state index in [9.17, 15) is 40.2 Å². The van der Waals surface area contributed by atoms with Gasteiger partial charge in [-0.1, -0.05) is 12.1 Å². The molecule has 0 bridgehead atoms. The minimum atomic E-state index is -1.61. The predicted octanol–water partition coefficient (Wildman–Crippen LogP) is 1.25. The van der Waals surface area contributed by atoms with Crippen LogP contribution in [-0.2, 0) is 27.4 Å². The Bertz CT molecular complexity index is 918. The molecule has 0 radical (unpaired) electrons. The highest BCUT2D eigenvalue weighted by Crippen LogP contribution is 2.32. The summed E-state index contributed by atoms with van der Waals surface area (Å²) in [5.74, 6) is -4.20. The molecule has 0 saturated carbocycles. The fourth-order valence-corrected chi connectivity index (χ4v) is 2.40. The van der Waals surface area contributed by atoms with Gasteiger partial charge in [-0.2, -0.15) is 0 Å². The zero-order valence-electron chi connectivity index (χ0n) is 14.4. The Kier molecular flexibility index (Phi) is 6.46. The number of aromatic hydroxyl groups is 4. The molecule has 0 aliphatic heterocycles. The van der Waals surface area contributed by atoms with Gasteiger partial charge in [0, 0.05) is 18.1 Å². The Balaban J connectivity index is 2.13. The highest BCUT2D eigenvalue weighted by molar-refractivity contribution is 5.89. The summed E-state index contributed by atoms with van der Waals surface area (Å²) in [6, 6.07) is 6.26. The van der Waals surface area contributed by atoms with Gasteiger partial charge in [-0.05, 0) is 35.4 Å². The number of hydrogen-bond donors (Lipinski definition) is 6. The molecule has 0 unspecified atom stereocenters. The van der Waals surface area contributed by atoms with Gasteiger partial charge < -0.3 is 35.4 Å². The fourth-order valence-electron chi connectivity index (χ4n) is 2.40. The first-order chi connectivity index (χ1) is 13.2. The van der Waals surface area contributed by atoms with Crippen LogP contribution >= 0.6 is 0 Å². The van der Waals surface area contributed by atoms with Gasteiger partial charge in [-0.3, -0.25) is 0 Å². The predicted molar refractivity (Wildman–Crippen MR) is 95.7 cm³/mol. The molecule has 2 aromatic carbocycles. The summed E-state index contributed by atoms with van der Waals surface area (Å²) in [6.45, 7) is -0.653. The maximum absolute atomic E-state index is 11.9. The maximum Gasteiger partial charge on any atom is 0.345 e. The number of esters is 1. The van der Waals surface area contributed by atoms with E-state index in [4.69, 9.17) is 4.74 Å². The van der Waals surface area contributed by atoms with Crippen molar-refractivity contribution in [2.24, 2.45) is 0 Å². The standard InChI is InChI=1S/C19H18O9/c20-9-12-11(3-5-14(22)18(12)25)8-16(19(26)27)28-17(24)6-2-10-1-4-13(21)15(23)7-10/h1-7,16,20-23,25H,8-9H2,(H,26,27)/t16-/m1/s1. The van der Waals surface area contributed by atoms with Crippen molar-refractivity contribution in [1.29, 1.82) is 0 Å². The molecule has 2 rings (SSSR count). The molecule has 9 heteroatoms. The molecule has 0 heterocycles. The summed E-state index contributed by atoms with van der Waals surface area (Å²) in [6.07, 6.45) is 0.243. The highest BCUT2D eigenvalue weighted by atomic mass is 16.6. The molecule has 28 heavy (non-hydrogen) atoms. The summed E-state index contributed by atoms with van der Waals surface area (Å²) in [5.41, 5.74) is 0.480. The molecule has 0 aliphatic carbocycles.